The maximum Gasteiger partial charge on any atom is 0.307 e. The van der Waals surface area contributed by atoms with Crippen molar-refractivity contribution in [2.45, 2.75) is 11.7 Å². The molecule has 18 heavy (non-hydrogen) atoms. The molecule has 1 aromatic rings. The summed E-state index contributed by atoms with van der Waals surface area (Å²) in [7, 11) is -4.77. The molecule has 0 spiro atoms. The number of nitrogens with zero attached hydrogens (tertiary/aromatic N) is 3. The van der Waals surface area contributed by atoms with Gasteiger partial charge in [-0.3, -0.25) is 4.79 Å². The van der Waals surface area contributed by atoms with Gasteiger partial charge in [-0.15, -0.1) is 14.1 Å². The van der Waals surface area contributed by atoms with E-state index in [1.807, 2.05) is 0 Å². The maximum absolute atomic E-state index is 12.8. The minimum absolute atomic E-state index is 0.00578. The van der Waals surface area contributed by atoms with E-state index in [9.17, 15) is 17.1 Å². The molecule has 1 aliphatic heterocycles. The lowest BCUT2D eigenvalue weighted by Crippen LogP contribution is -2.27. The third-order valence-corrected chi connectivity index (χ3v) is 4.04. The number of hydrogen-bond donors (Lipinski definition) is 0. The first kappa shape index (κ1) is 13.4. The summed E-state index contributed by atoms with van der Waals surface area (Å²) in [6.07, 6.45) is -0.435. The molecule has 0 bridgehead atoms. The number of carbonyl (C=O) groups excluding carboxylic acids is 1. The predicted molar refractivity (Wildman–Crippen MR) is 62.8 cm³/mol. The first-order chi connectivity index (χ1) is 8.29. The Bertz CT molecular complexity index is 610. The molecule has 2 heterocycles. The van der Waals surface area contributed by atoms with Crippen molar-refractivity contribution in [1.82, 2.24) is 10.2 Å². The largest absolute Gasteiger partial charge is 0.308 e. The average Bonchev–Trinajstić information content (AvgIpc) is 2.64. The summed E-state index contributed by atoms with van der Waals surface area (Å²) in [4.78, 5) is 12.7. The molecule has 0 aliphatic carbocycles. The lowest BCUT2D eigenvalue weighted by molar-refractivity contribution is -0.117. The topological polar surface area (TPSA) is 80.2 Å². The Kier molecular flexibility index (Phi) is 3.43. The highest BCUT2D eigenvalue weighted by Gasteiger charge is 2.40. The van der Waals surface area contributed by atoms with Crippen LogP contribution in [0.2, 0.25) is 10.3 Å². The molecule has 98 valence electrons. The van der Waals surface area contributed by atoms with Crippen LogP contribution in [0.5, 0.6) is 0 Å². The van der Waals surface area contributed by atoms with Crippen LogP contribution >= 0.6 is 23.2 Å². The Morgan fingerprint density at radius 3 is 2.61 bits per heavy atom. The Labute approximate surface area is 112 Å². The van der Waals surface area contributed by atoms with Crippen molar-refractivity contribution in [3.8, 4) is 0 Å². The predicted octanol–water partition coefficient (Wildman–Crippen LogP) is 1.19. The van der Waals surface area contributed by atoms with Gasteiger partial charge < -0.3 is 4.90 Å². The van der Waals surface area contributed by atoms with E-state index >= 15 is 0 Å². The van der Waals surface area contributed by atoms with Crippen LogP contribution in [-0.4, -0.2) is 36.3 Å². The Hall–Kier alpha value is -0.990. The van der Waals surface area contributed by atoms with E-state index in [1.54, 1.807) is 0 Å². The molecule has 1 amide bonds. The smallest absolute Gasteiger partial charge is 0.307 e. The first-order valence-electron chi connectivity index (χ1n) is 4.71. The second kappa shape index (κ2) is 4.60. The molecule has 0 aromatic carbocycles. The van der Waals surface area contributed by atoms with E-state index < -0.39 is 27.8 Å². The zero-order chi connectivity index (χ0) is 13.5. The summed E-state index contributed by atoms with van der Waals surface area (Å²) in [5.74, 6) is -0.563. The fraction of sp³-hybridized carbons (Fsp3) is 0.375. The summed E-state index contributed by atoms with van der Waals surface area (Å²) in [6.45, 7) is -0.320. The number of amides is 1. The number of aromatic nitrogens is 2. The summed E-state index contributed by atoms with van der Waals surface area (Å²) in [6, 6.07) is 1.27. The van der Waals surface area contributed by atoms with Gasteiger partial charge in [0, 0.05) is 19.0 Å². The number of rotatable bonds is 2. The maximum atomic E-state index is 12.8. The standard InChI is InChI=1S/C8H6Cl2FN3O3S/c9-6-2-5(8(10)13-12-6)14-3-4(1-7(14)15)18(11,16)17/h2,4H,1,3H2. The van der Waals surface area contributed by atoms with Crippen molar-refractivity contribution < 1.29 is 17.1 Å². The van der Waals surface area contributed by atoms with E-state index in [0.29, 0.717) is 0 Å². The van der Waals surface area contributed by atoms with E-state index in [1.165, 1.54) is 6.07 Å². The fourth-order valence-corrected chi connectivity index (χ4v) is 2.63. The van der Waals surface area contributed by atoms with Crippen molar-refractivity contribution in [2.75, 3.05) is 11.4 Å². The van der Waals surface area contributed by atoms with Gasteiger partial charge in [-0.1, -0.05) is 23.2 Å². The van der Waals surface area contributed by atoms with Gasteiger partial charge in [-0.05, 0) is 0 Å². The first-order valence-corrected chi connectivity index (χ1v) is 6.92. The third-order valence-electron chi connectivity index (χ3n) is 2.48. The lowest BCUT2D eigenvalue weighted by atomic mass is 10.4. The van der Waals surface area contributed by atoms with Gasteiger partial charge in [0.15, 0.2) is 10.3 Å². The van der Waals surface area contributed by atoms with Crippen LogP contribution in [0.3, 0.4) is 0 Å². The Morgan fingerprint density at radius 1 is 1.39 bits per heavy atom. The molecular weight excluding hydrogens is 308 g/mol. The summed E-state index contributed by atoms with van der Waals surface area (Å²) >= 11 is 11.3. The van der Waals surface area contributed by atoms with Crippen molar-refractivity contribution >= 4 is 45.0 Å². The van der Waals surface area contributed by atoms with Crippen LogP contribution in [0.15, 0.2) is 6.07 Å². The molecule has 10 heteroatoms. The third kappa shape index (κ3) is 2.55. The lowest BCUT2D eigenvalue weighted by Gasteiger charge is -2.16. The van der Waals surface area contributed by atoms with Crippen LogP contribution in [0.1, 0.15) is 6.42 Å². The van der Waals surface area contributed by atoms with Gasteiger partial charge in [0.1, 0.15) is 5.25 Å². The highest BCUT2D eigenvalue weighted by Crippen LogP contribution is 2.31. The monoisotopic (exact) mass is 313 g/mol. The fourth-order valence-electron chi connectivity index (χ4n) is 1.63. The van der Waals surface area contributed by atoms with E-state index in [2.05, 4.69) is 10.2 Å². The van der Waals surface area contributed by atoms with Crippen molar-refractivity contribution in [1.29, 1.82) is 0 Å². The summed E-state index contributed by atoms with van der Waals surface area (Å²) < 4.78 is 34.4. The van der Waals surface area contributed by atoms with Crippen molar-refractivity contribution in [3.05, 3.63) is 16.4 Å². The average molecular weight is 314 g/mol. The quantitative estimate of drug-likeness (QED) is 0.766. The van der Waals surface area contributed by atoms with E-state index in [0.717, 1.165) is 4.90 Å². The highest BCUT2D eigenvalue weighted by atomic mass is 35.5. The van der Waals surface area contributed by atoms with Crippen LogP contribution in [0.25, 0.3) is 0 Å². The van der Waals surface area contributed by atoms with Crippen LogP contribution in [0.4, 0.5) is 9.57 Å². The van der Waals surface area contributed by atoms with Crippen LogP contribution < -0.4 is 4.90 Å². The molecular formula is C8H6Cl2FN3O3S. The van der Waals surface area contributed by atoms with Crippen molar-refractivity contribution in [2.24, 2.45) is 0 Å². The number of hydrogen-bond acceptors (Lipinski definition) is 5. The Balaban J connectivity index is 2.35. The van der Waals surface area contributed by atoms with Gasteiger partial charge in [0.05, 0.1) is 5.69 Å². The zero-order valence-electron chi connectivity index (χ0n) is 8.68. The molecule has 2 rings (SSSR count). The van der Waals surface area contributed by atoms with Gasteiger partial charge in [-0.25, -0.2) is 0 Å². The number of halogens is 3. The number of anilines is 1. The zero-order valence-corrected chi connectivity index (χ0v) is 11.0. The molecule has 0 N–H and O–H groups in total. The molecule has 1 atom stereocenters. The molecule has 0 saturated carbocycles. The molecule has 1 aliphatic rings. The second-order valence-electron chi connectivity index (χ2n) is 3.65. The van der Waals surface area contributed by atoms with E-state index in [-0.39, 0.29) is 22.5 Å². The van der Waals surface area contributed by atoms with Gasteiger partial charge in [-0.2, -0.15) is 8.42 Å². The molecule has 1 saturated heterocycles. The second-order valence-corrected chi connectivity index (χ2v) is 6.01. The van der Waals surface area contributed by atoms with Crippen LogP contribution in [-0.2, 0) is 15.0 Å². The minimum atomic E-state index is -4.77. The molecule has 1 fully saturated rings. The summed E-state index contributed by atoms with van der Waals surface area (Å²) in [5, 5.41) is 5.44. The van der Waals surface area contributed by atoms with Crippen molar-refractivity contribution in [3.63, 3.8) is 0 Å². The van der Waals surface area contributed by atoms with Gasteiger partial charge in [0.2, 0.25) is 5.91 Å². The van der Waals surface area contributed by atoms with E-state index in [4.69, 9.17) is 23.2 Å². The Morgan fingerprint density at radius 2 is 2.06 bits per heavy atom. The SMILES string of the molecule is O=C1CC(S(=O)(=O)F)CN1c1cc(Cl)nnc1Cl. The summed E-state index contributed by atoms with van der Waals surface area (Å²) in [5.41, 5.74) is 0.118. The van der Waals surface area contributed by atoms with Crippen LogP contribution in [0, 0.1) is 0 Å². The molecule has 0 radical (unpaired) electrons. The minimum Gasteiger partial charge on any atom is -0.308 e. The highest BCUT2D eigenvalue weighted by molar-refractivity contribution is 7.87. The molecule has 1 unspecified atom stereocenters. The molecule has 1 aromatic heterocycles. The van der Waals surface area contributed by atoms with Gasteiger partial charge in [0.25, 0.3) is 0 Å². The molecule has 6 nitrogen and oxygen atoms in total. The van der Waals surface area contributed by atoms with Gasteiger partial charge >= 0.3 is 10.2 Å². The normalized spacial score (nSPS) is 20.5. The number of carbonyl (C=O) groups is 1.